The summed E-state index contributed by atoms with van der Waals surface area (Å²) in [7, 11) is 1.98. The molecule has 0 aromatic carbocycles. The molecule has 9 heteroatoms. The van der Waals surface area contributed by atoms with Crippen LogP contribution >= 0.6 is 11.6 Å². The molecule has 2 aliphatic rings. The fraction of sp³-hybridized carbons (Fsp3) is 0.667. The molecule has 0 amide bonds. The van der Waals surface area contributed by atoms with E-state index in [0.717, 1.165) is 49.3 Å². The molecule has 0 saturated heterocycles. The Hall–Kier alpha value is -2.19. The first-order valence-electron chi connectivity index (χ1n) is 11.9. The van der Waals surface area contributed by atoms with Gasteiger partial charge in [-0.1, -0.05) is 11.6 Å². The van der Waals surface area contributed by atoms with E-state index in [9.17, 15) is 4.79 Å². The van der Waals surface area contributed by atoms with Crippen molar-refractivity contribution in [1.29, 1.82) is 0 Å². The topological polar surface area (TPSA) is 94.0 Å². The Morgan fingerprint density at radius 3 is 2.52 bits per heavy atom. The van der Waals surface area contributed by atoms with Crippen molar-refractivity contribution in [3.63, 3.8) is 0 Å². The molecule has 2 aromatic rings. The molecule has 0 spiro atoms. The highest BCUT2D eigenvalue weighted by atomic mass is 35.5. The van der Waals surface area contributed by atoms with E-state index in [1.165, 1.54) is 18.5 Å². The molecule has 0 bridgehead atoms. The third kappa shape index (κ3) is 6.67. The molecule has 180 valence electrons. The number of aryl methyl sites for hydroxylation is 1. The Kier molecular flexibility index (Phi) is 7.24. The van der Waals surface area contributed by atoms with Crippen LogP contribution in [0.3, 0.4) is 0 Å². The number of rotatable bonds is 8. The summed E-state index contributed by atoms with van der Waals surface area (Å²) < 4.78 is 7.31. The SMILES string of the molecule is Cn1ncc(-c2nc(N[C@H]3CC[C@H](NCC(=O)OC(C)(C)C)CC3)ncc2Cl)c1CC1CC1. The highest BCUT2D eigenvalue weighted by Crippen LogP contribution is 2.37. The fourth-order valence-corrected chi connectivity index (χ4v) is 4.55. The number of ether oxygens (including phenoxy) is 1. The van der Waals surface area contributed by atoms with Crippen LogP contribution in [0.4, 0.5) is 5.95 Å². The van der Waals surface area contributed by atoms with Gasteiger partial charge in [0, 0.05) is 30.4 Å². The summed E-state index contributed by atoms with van der Waals surface area (Å²) >= 11 is 6.49. The molecule has 33 heavy (non-hydrogen) atoms. The van der Waals surface area contributed by atoms with Gasteiger partial charge in [-0.25, -0.2) is 9.97 Å². The van der Waals surface area contributed by atoms with E-state index in [-0.39, 0.29) is 12.5 Å². The summed E-state index contributed by atoms with van der Waals surface area (Å²) in [6.07, 6.45) is 11.0. The Bertz CT molecular complexity index is 974. The lowest BCUT2D eigenvalue weighted by Crippen LogP contribution is -2.41. The third-order valence-corrected chi connectivity index (χ3v) is 6.53. The number of anilines is 1. The molecule has 2 saturated carbocycles. The molecule has 0 atom stereocenters. The Morgan fingerprint density at radius 2 is 1.85 bits per heavy atom. The third-order valence-electron chi connectivity index (χ3n) is 6.26. The van der Waals surface area contributed by atoms with Gasteiger partial charge in [0.15, 0.2) is 0 Å². The minimum absolute atomic E-state index is 0.207. The van der Waals surface area contributed by atoms with Crippen molar-refractivity contribution in [2.24, 2.45) is 13.0 Å². The normalized spacial score (nSPS) is 21.1. The lowest BCUT2D eigenvalue weighted by molar-refractivity contribution is -0.153. The van der Waals surface area contributed by atoms with E-state index in [1.807, 2.05) is 38.7 Å². The highest BCUT2D eigenvalue weighted by Gasteiger charge is 2.27. The molecular weight excluding hydrogens is 440 g/mol. The van der Waals surface area contributed by atoms with Gasteiger partial charge in [0.05, 0.1) is 29.7 Å². The van der Waals surface area contributed by atoms with Crippen LogP contribution in [0.15, 0.2) is 12.4 Å². The number of carbonyl (C=O) groups excluding carboxylic acids is 1. The van der Waals surface area contributed by atoms with E-state index in [1.54, 1.807) is 6.20 Å². The van der Waals surface area contributed by atoms with Gasteiger partial charge in [0.1, 0.15) is 5.60 Å². The van der Waals surface area contributed by atoms with Crippen LogP contribution in [0.5, 0.6) is 0 Å². The van der Waals surface area contributed by atoms with Crippen LogP contribution in [-0.4, -0.2) is 49.9 Å². The summed E-state index contributed by atoms with van der Waals surface area (Å²) in [6.45, 7) is 5.90. The van der Waals surface area contributed by atoms with Crippen molar-refractivity contribution >= 4 is 23.5 Å². The van der Waals surface area contributed by atoms with E-state index in [4.69, 9.17) is 21.3 Å². The lowest BCUT2D eigenvalue weighted by Gasteiger charge is -2.30. The first-order chi connectivity index (χ1) is 15.7. The van der Waals surface area contributed by atoms with Crippen LogP contribution in [0.25, 0.3) is 11.3 Å². The standard InChI is InChI=1S/C24H35ClN6O2/c1-24(2,3)33-21(32)14-26-16-7-9-17(10-8-16)29-23-27-13-19(25)22(30-23)18-12-28-31(4)20(18)11-15-5-6-15/h12-13,15-17,26H,5-11,14H2,1-4H3,(H,27,29,30)/t16-,17-. The largest absolute Gasteiger partial charge is 0.459 e. The molecular formula is C24H35ClN6O2. The minimum atomic E-state index is -0.452. The molecule has 0 unspecified atom stereocenters. The summed E-state index contributed by atoms with van der Waals surface area (Å²) in [5.41, 5.74) is 2.47. The molecule has 2 N–H and O–H groups in total. The first-order valence-corrected chi connectivity index (χ1v) is 12.3. The van der Waals surface area contributed by atoms with Crippen LogP contribution in [-0.2, 0) is 23.0 Å². The summed E-state index contributed by atoms with van der Waals surface area (Å²) in [4.78, 5) is 21.1. The molecule has 8 nitrogen and oxygen atoms in total. The Morgan fingerprint density at radius 1 is 1.15 bits per heavy atom. The second-order valence-corrected chi connectivity index (χ2v) is 10.7. The monoisotopic (exact) mass is 474 g/mol. The smallest absolute Gasteiger partial charge is 0.320 e. The van der Waals surface area contributed by atoms with E-state index >= 15 is 0 Å². The van der Waals surface area contributed by atoms with Gasteiger partial charge in [-0.05, 0) is 71.6 Å². The van der Waals surface area contributed by atoms with Crippen molar-refractivity contribution in [3.05, 3.63) is 23.1 Å². The van der Waals surface area contributed by atoms with Crippen LogP contribution in [0, 0.1) is 5.92 Å². The number of esters is 1. The molecule has 2 heterocycles. The number of nitrogens with zero attached hydrogens (tertiary/aromatic N) is 4. The predicted octanol–water partition coefficient (Wildman–Crippen LogP) is 4.14. The summed E-state index contributed by atoms with van der Waals surface area (Å²) in [6, 6.07) is 0.607. The molecule has 2 fully saturated rings. The molecule has 4 rings (SSSR count). The Balaban J connectivity index is 1.32. The number of hydrogen-bond acceptors (Lipinski definition) is 7. The van der Waals surface area contributed by atoms with Crippen molar-refractivity contribution in [2.75, 3.05) is 11.9 Å². The second kappa shape index (κ2) is 9.97. The molecule has 2 aliphatic carbocycles. The fourth-order valence-electron chi connectivity index (χ4n) is 4.35. The first kappa shape index (κ1) is 24.0. The number of aromatic nitrogens is 4. The minimum Gasteiger partial charge on any atom is -0.459 e. The van der Waals surface area contributed by atoms with Gasteiger partial charge >= 0.3 is 5.97 Å². The average molecular weight is 475 g/mol. The number of hydrogen-bond donors (Lipinski definition) is 2. The van der Waals surface area contributed by atoms with E-state index in [2.05, 4.69) is 20.7 Å². The quantitative estimate of drug-likeness (QED) is 0.555. The maximum absolute atomic E-state index is 11.9. The Labute approximate surface area is 200 Å². The summed E-state index contributed by atoms with van der Waals surface area (Å²) in [5.74, 6) is 1.14. The maximum Gasteiger partial charge on any atom is 0.320 e. The van der Waals surface area contributed by atoms with Crippen molar-refractivity contribution in [1.82, 2.24) is 25.1 Å². The van der Waals surface area contributed by atoms with Gasteiger partial charge in [0.2, 0.25) is 5.95 Å². The highest BCUT2D eigenvalue weighted by molar-refractivity contribution is 6.32. The van der Waals surface area contributed by atoms with Crippen molar-refractivity contribution < 1.29 is 9.53 Å². The van der Waals surface area contributed by atoms with Gasteiger partial charge < -0.3 is 15.4 Å². The van der Waals surface area contributed by atoms with Crippen LogP contribution in [0.1, 0.15) is 65.0 Å². The van der Waals surface area contributed by atoms with Crippen molar-refractivity contribution in [3.8, 4) is 11.3 Å². The van der Waals surface area contributed by atoms with Gasteiger partial charge in [0.25, 0.3) is 0 Å². The zero-order valence-electron chi connectivity index (χ0n) is 20.0. The molecule has 0 aliphatic heterocycles. The lowest BCUT2D eigenvalue weighted by atomic mass is 9.91. The van der Waals surface area contributed by atoms with Gasteiger partial charge in [-0.15, -0.1) is 0 Å². The second-order valence-electron chi connectivity index (χ2n) is 10.3. The van der Waals surface area contributed by atoms with Gasteiger partial charge in [-0.2, -0.15) is 5.10 Å². The number of carbonyl (C=O) groups is 1. The van der Waals surface area contributed by atoms with E-state index < -0.39 is 5.60 Å². The van der Waals surface area contributed by atoms with Gasteiger partial charge in [-0.3, -0.25) is 9.48 Å². The van der Waals surface area contributed by atoms with Crippen LogP contribution < -0.4 is 10.6 Å². The van der Waals surface area contributed by atoms with E-state index in [0.29, 0.717) is 23.1 Å². The summed E-state index contributed by atoms with van der Waals surface area (Å²) in [5, 5.41) is 11.8. The average Bonchev–Trinajstić information content (AvgIpc) is 3.50. The zero-order valence-corrected chi connectivity index (χ0v) is 20.8. The zero-order chi connectivity index (χ0) is 23.6. The molecule has 0 radical (unpaired) electrons. The predicted molar refractivity (Wildman–Crippen MR) is 129 cm³/mol. The number of halogens is 1. The molecule has 2 aromatic heterocycles. The maximum atomic E-state index is 11.9. The van der Waals surface area contributed by atoms with Crippen LogP contribution in [0.2, 0.25) is 5.02 Å². The number of nitrogens with one attached hydrogen (secondary N) is 2. The van der Waals surface area contributed by atoms with Crippen molar-refractivity contribution in [2.45, 2.75) is 83.4 Å².